The Morgan fingerprint density at radius 3 is 2.47 bits per heavy atom. The smallest absolute Gasteiger partial charge is 0.137 e. The highest BCUT2D eigenvalue weighted by atomic mass is 16.1. The molecule has 1 heterocycles. The van der Waals surface area contributed by atoms with E-state index < -0.39 is 0 Å². The van der Waals surface area contributed by atoms with E-state index >= 15 is 0 Å². The van der Waals surface area contributed by atoms with Gasteiger partial charge in [-0.15, -0.1) is 0 Å². The molecule has 0 aromatic heterocycles. The minimum absolute atomic E-state index is 0.301. The van der Waals surface area contributed by atoms with Crippen molar-refractivity contribution in [3.05, 3.63) is 0 Å². The predicted octanol–water partition coefficient (Wildman–Crippen LogP) is 3.61. The van der Waals surface area contributed by atoms with Crippen molar-refractivity contribution in [3.8, 4) is 0 Å². The van der Waals surface area contributed by atoms with Gasteiger partial charge >= 0.3 is 0 Å². The van der Waals surface area contributed by atoms with Crippen LogP contribution in [0.3, 0.4) is 0 Å². The maximum Gasteiger partial charge on any atom is 0.137 e. The summed E-state index contributed by atoms with van der Waals surface area (Å²) in [6.45, 7) is 14.9. The van der Waals surface area contributed by atoms with Gasteiger partial charge in [-0.05, 0) is 42.6 Å². The lowest BCUT2D eigenvalue weighted by atomic mass is 9.74. The van der Waals surface area contributed by atoms with Gasteiger partial charge < -0.3 is 4.90 Å². The number of likely N-dealkylation sites (tertiary alicyclic amines) is 1. The van der Waals surface area contributed by atoms with E-state index in [4.69, 9.17) is 0 Å². The Bertz CT molecular complexity index is 331. The first-order valence-electron chi connectivity index (χ1n) is 8.02. The number of hydrogen-bond donors (Lipinski definition) is 0. The fourth-order valence-electron chi connectivity index (χ4n) is 3.96. The van der Waals surface area contributed by atoms with Crippen molar-refractivity contribution in [1.82, 2.24) is 4.90 Å². The van der Waals surface area contributed by atoms with Crippen LogP contribution < -0.4 is 0 Å². The van der Waals surface area contributed by atoms with E-state index in [0.717, 1.165) is 18.9 Å². The molecule has 2 fully saturated rings. The van der Waals surface area contributed by atoms with Gasteiger partial charge in [-0.25, -0.2) is 0 Å². The average molecular weight is 265 g/mol. The van der Waals surface area contributed by atoms with Crippen molar-refractivity contribution < 1.29 is 4.79 Å². The summed E-state index contributed by atoms with van der Waals surface area (Å²) in [6.07, 6.45) is 3.34. The first-order chi connectivity index (χ1) is 8.77. The summed E-state index contributed by atoms with van der Waals surface area (Å²) in [5.41, 5.74) is 0.408. The monoisotopic (exact) mass is 265 g/mol. The molecule has 1 aliphatic heterocycles. The van der Waals surface area contributed by atoms with Crippen LogP contribution in [0.2, 0.25) is 0 Å². The van der Waals surface area contributed by atoms with Crippen LogP contribution in [0.15, 0.2) is 0 Å². The van der Waals surface area contributed by atoms with Gasteiger partial charge in [0.25, 0.3) is 0 Å². The van der Waals surface area contributed by atoms with E-state index in [2.05, 4.69) is 39.5 Å². The Kier molecular flexibility index (Phi) is 4.39. The van der Waals surface area contributed by atoms with Crippen LogP contribution in [-0.2, 0) is 4.79 Å². The van der Waals surface area contributed by atoms with Crippen LogP contribution in [0, 0.1) is 29.1 Å². The van der Waals surface area contributed by atoms with Gasteiger partial charge in [0.05, 0.1) is 0 Å². The number of rotatable bonds is 2. The minimum Gasteiger partial charge on any atom is -0.302 e. The van der Waals surface area contributed by atoms with Crippen molar-refractivity contribution in [3.63, 3.8) is 0 Å². The summed E-state index contributed by atoms with van der Waals surface area (Å²) in [5.74, 6) is 2.78. The molecule has 2 aliphatic rings. The zero-order valence-corrected chi connectivity index (χ0v) is 13.4. The van der Waals surface area contributed by atoms with Gasteiger partial charge in [0.2, 0.25) is 0 Å². The van der Waals surface area contributed by atoms with Crippen molar-refractivity contribution in [1.29, 1.82) is 0 Å². The number of hydrogen-bond acceptors (Lipinski definition) is 2. The number of ketones is 1. The molecule has 0 radical (unpaired) electrons. The first-order valence-corrected chi connectivity index (χ1v) is 8.02. The van der Waals surface area contributed by atoms with Crippen molar-refractivity contribution in [2.45, 2.75) is 53.9 Å². The molecule has 1 saturated heterocycles. The molecule has 2 nitrogen and oxygen atoms in total. The molecule has 0 aromatic rings. The summed E-state index contributed by atoms with van der Waals surface area (Å²) in [5, 5.41) is 0. The third-order valence-corrected chi connectivity index (χ3v) is 5.38. The van der Waals surface area contributed by atoms with Crippen LogP contribution in [0.1, 0.15) is 53.9 Å². The van der Waals surface area contributed by atoms with Crippen LogP contribution in [0.4, 0.5) is 0 Å². The molecule has 4 atom stereocenters. The van der Waals surface area contributed by atoms with Crippen LogP contribution >= 0.6 is 0 Å². The lowest BCUT2D eigenvalue weighted by molar-refractivity contribution is -0.128. The third kappa shape index (κ3) is 3.59. The SMILES string of the molecule is CC1CC(=O)C(CN2CCC(C(C)(C)C)C2)C(C)C1. The van der Waals surface area contributed by atoms with Crippen LogP contribution in [-0.4, -0.2) is 30.3 Å². The first kappa shape index (κ1) is 15.0. The molecule has 0 bridgehead atoms. The Hall–Kier alpha value is -0.370. The van der Waals surface area contributed by atoms with Gasteiger partial charge in [0.1, 0.15) is 5.78 Å². The largest absolute Gasteiger partial charge is 0.302 e. The zero-order valence-electron chi connectivity index (χ0n) is 13.4. The van der Waals surface area contributed by atoms with Crippen molar-refractivity contribution in [2.24, 2.45) is 29.1 Å². The van der Waals surface area contributed by atoms with Gasteiger partial charge in [0, 0.05) is 25.4 Å². The molecule has 0 aromatic carbocycles. The molecule has 19 heavy (non-hydrogen) atoms. The maximum absolute atomic E-state index is 12.3. The lowest BCUT2D eigenvalue weighted by Crippen LogP contribution is -2.39. The molecule has 2 rings (SSSR count). The van der Waals surface area contributed by atoms with Gasteiger partial charge in [0.15, 0.2) is 0 Å². The van der Waals surface area contributed by atoms with E-state index in [1.54, 1.807) is 0 Å². The van der Waals surface area contributed by atoms with Gasteiger partial charge in [-0.2, -0.15) is 0 Å². The fourth-order valence-corrected chi connectivity index (χ4v) is 3.96. The maximum atomic E-state index is 12.3. The minimum atomic E-state index is 0.301. The number of carbonyl (C=O) groups is 1. The molecule has 110 valence electrons. The molecule has 1 aliphatic carbocycles. The Balaban J connectivity index is 1.90. The second-order valence-electron chi connectivity index (χ2n) is 8.21. The Morgan fingerprint density at radius 1 is 1.26 bits per heavy atom. The third-order valence-electron chi connectivity index (χ3n) is 5.38. The Morgan fingerprint density at radius 2 is 1.95 bits per heavy atom. The molecule has 0 amide bonds. The molecular weight excluding hydrogens is 234 g/mol. The topological polar surface area (TPSA) is 20.3 Å². The second kappa shape index (κ2) is 5.55. The van der Waals surface area contributed by atoms with Crippen LogP contribution in [0.25, 0.3) is 0 Å². The van der Waals surface area contributed by atoms with Crippen molar-refractivity contribution >= 4 is 5.78 Å². The highest BCUT2D eigenvalue weighted by Crippen LogP contribution is 2.36. The molecule has 0 spiro atoms. The van der Waals surface area contributed by atoms with Gasteiger partial charge in [-0.3, -0.25) is 4.79 Å². The standard InChI is InChI=1S/C17H31NO/c1-12-8-13(2)15(16(19)9-12)11-18-7-6-14(10-18)17(3,4)5/h12-15H,6-11H2,1-5H3. The number of carbonyl (C=O) groups excluding carboxylic acids is 1. The van der Waals surface area contributed by atoms with E-state index in [1.165, 1.54) is 25.9 Å². The highest BCUT2D eigenvalue weighted by Gasteiger charge is 2.37. The second-order valence-corrected chi connectivity index (χ2v) is 8.21. The number of Topliss-reactive ketones (excluding diaryl/α,β-unsaturated/α-hetero) is 1. The molecule has 4 unspecified atom stereocenters. The molecule has 0 N–H and O–H groups in total. The summed E-state index contributed by atoms with van der Waals surface area (Å²) in [7, 11) is 0. The van der Waals surface area contributed by atoms with Gasteiger partial charge in [-0.1, -0.05) is 34.6 Å². The molecule has 1 saturated carbocycles. The Labute approximate surface area is 118 Å². The van der Waals surface area contributed by atoms with Crippen LogP contribution in [0.5, 0.6) is 0 Å². The van der Waals surface area contributed by atoms with Crippen molar-refractivity contribution in [2.75, 3.05) is 19.6 Å². The van der Waals surface area contributed by atoms with E-state index in [9.17, 15) is 4.79 Å². The van der Waals surface area contributed by atoms with E-state index in [-0.39, 0.29) is 0 Å². The average Bonchev–Trinajstić information content (AvgIpc) is 2.71. The zero-order chi connectivity index (χ0) is 14.2. The number of nitrogens with zero attached hydrogens (tertiary/aromatic N) is 1. The summed E-state index contributed by atoms with van der Waals surface area (Å²) in [4.78, 5) is 14.8. The summed E-state index contributed by atoms with van der Waals surface area (Å²) < 4.78 is 0. The predicted molar refractivity (Wildman–Crippen MR) is 80.1 cm³/mol. The summed E-state index contributed by atoms with van der Waals surface area (Å²) in [6, 6.07) is 0. The normalized spacial score (nSPS) is 37.8. The quantitative estimate of drug-likeness (QED) is 0.760. The highest BCUT2D eigenvalue weighted by molar-refractivity contribution is 5.82. The summed E-state index contributed by atoms with van der Waals surface area (Å²) >= 11 is 0. The lowest BCUT2D eigenvalue weighted by Gasteiger charge is -2.34. The fraction of sp³-hybridized carbons (Fsp3) is 0.941. The molecular formula is C17H31NO. The van der Waals surface area contributed by atoms with E-state index in [1.807, 2.05) is 0 Å². The molecule has 2 heteroatoms. The van der Waals surface area contributed by atoms with E-state index in [0.29, 0.717) is 29.0 Å².